The zero-order valence-corrected chi connectivity index (χ0v) is 20.9. The molecule has 2 aliphatic rings. The van der Waals surface area contributed by atoms with Gasteiger partial charge in [0, 0.05) is 12.2 Å². The van der Waals surface area contributed by atoms with Gasteiger partial charge in [-0.2, -0.15) is 0 Å². The van der Waals surface area contributed by atoms with Gasteiger partial charge in [-0.15, -0.1) is 0 Å². The van der Waals surface area contributed by atoms with E-state index >= 15 is 0 Å². The van der Waals surface area contributed by atoms with Gasteiger partial charge in [-0.3, -0.25) is 0 Å². The monoisotopic (exact) mass is 468 g/mol. The molecule has 0 aromatic heterocycles. The molecule has 2 atom stereocenters. The van der Waals surface area contributed by atoms with Gasteiger partial charge < -0.3 is 19.3 Å². The highest BCUT2D eigenvalue weighted by molar-refractivity contribution is 8.77. The van der Waals surface area contributed by atoms with E-state index in [1.165, 1.54) is 19.3 Å². The standard InChI is InChI=1S/C25H40O4S2/c1-3-4-5-9-13-23(2,26)24(14-10-19-30-31-24)15-16-25(28-17-18-29-25)21-27-20-22-11-7-6-8-12-22/h6-8,11-12,26H,3-5,9-10,13-21H2,1-2H3. The van der Waals surface area contributed by atoms with Crippen molar-refractivity contribution >= 4 is 21.6 Å². The van der Waals surface area contributed by atoms with Crippen LogP contribution in [0.25, 0.3) is 0 Å². The van der Waals surface area contributed by atoms with Crippen LogP contribution in [0.3, 0.4) is 0 Å². The molecule has 31 heavy (non-hydrogen) atoms. The van der Waals surface area contributed by atoms with E-state index in [-0.39, 0.29) is 4.75 Å². The van der Waals surface area contributed by atoms with Crippen LogP contribution < -0.4 is 0 Å². The summed E-state index contributed by atoms with van der Waals surface area (Å²) < 4.78 is 18.1. The average Bonchev–Trinajstić information content (AvgIpc) is 3.26. The quantitative estimate of drug-likeness (QED) is 0.268. The molecule has 1 aromatic carbocycles. The average molecular weight is 469 g/mol. The van der Waals surface area contributed by atoms with Crippen molar-refractivity contribution in [3.63, 3.8) is 0 Å². The van der Waals surface area contributed by atoms with Crippen LogP contribution in [0.4, 0.5) is 0 Å². The Morgan fingerprint density at radius 1 is 1.10 bits per heavy atom. The molecule has 0 aliphatic carbocycles. The summed E-state index contributed by atoms with van der Waals surface area (Å²) in [5.41, 5.74) is 0.463. The third-order valence-electron chi connectivity index (χ3n) is 6.68. The van der Waals surface area contributed by atoms with E-state index < -0.39 is 11.4 Å². The van der Waals surface area contributed by atoms with E-state index in [0.29, 0.717) is 26.4 Å². The first kappa shape index (κ1) is 25.4. The Balaban J connectivity index is 1.61. The van der Waals surface area contributed by atoms with Gasteiger partial charge in [-0.1, -0.05) is 84.5 Å². The minimum atomic E-state index is -0.692. The lowest BCUT2D eigenvalue weighted by Crippen LogP contribution is -2.52. The molecule has 2 aliphatic heterocycles. The molecule has 4 nitrogen and oxygen atoms in total. The van der Waals surface area contributed by atoms with E-state index in [0.717, 1.165) is 49.8 Å². The number of ether oxygens (including phenoxy) is 3. The number of hydrogen-bond donors (Lipinski definition) is 1. The fourth-order valence-corrected chi connectivity index (χ4v) is 8.20. The zero-order valence-electron chi connectivity index (χ0n) is 19.3. The van der Waals surface area contributed by atoms with Gasteiger partial charge in [-0.05, 0) is 38.2 Å². The molecule has 2 heterocycles. The van der Waals surface area contributed by atoms with E-state index in [1.54, 1.807) is 0 Å². The molecule has 2 fully saturated rings. The van der Waals surface area contributed by atoms with Crippen molar-refractivity contribution in [1.29, 1.82) is 0 Å². The number of aliphatic hydroxyl groups is 1. The van der Waals surface area contributed by atoms with Crippen LogP contribution in [0.5, 0.6) is 0 Å². The summed E-state index contributed by atoms with van der Waals surface area (Å²) in [6.07, 6.45) is 9.44. The summed E-state index contributed by atoms with van der Waals surface area (Å²) in [5, 5.41) is 11.6. The van der Waals surface area contributed by atoms with Gasteiger partial charge >= 0.3 is 0 Å². The maximum atomic E-state index is 11.6. The number of rotatable bonds is 13. The minimum Gasteiger partial charge on any atom is -0.389 e. The third kappa shape index (κ3) is 7.12. The SMILES string of the molecule is CCCCCCC(C)(O)C1(CCC2(COCc3ccccc3)OCCO2)CCCSS1. The first-order valence-electron chi connectivity index (χ1n) is 11.9. The minimum absolute atomic E-state index is 0.163. The highest BCUT2D eigenvalue weighted by Crippen LogP contribution is 2.55. The fraction of sp³-hybridized carbons (Fsp3) is 0.760. The maximum Gasteiger partial charge on any atom is 0.192 e. The molecule has 0 radical (unpaired) electrons. The smallest absolute Gasteiger partial charge is 0.192 e. The lowest BCUT2D eigenvalue weighted by atomic mass is 9.77. The van der Waals surface area contributed by atoms with Gasteiger partial charge in [0.2, 0.25) is 0 Å². The molecule has 1 N–H and O–H groups in total. The van der Waals surface area contributed by atoms with Gasteiger partial charge in [0.25, 0.3) is 0 Å². The number of hydrogen-bond acceptors (Lipinski definition) is 6. The molecule has 2 saturated heterocycles. The normalized spacial score (nSPS) is 25.4. The van der Waals surface area contributed by atoms with Gasteiger partial charge in [-0.25, -0.2) is 0 Å². The highest BCUT2D eigenvalue weighted by Gasteiger charge is 2.50. The summed E-state index contributed by atoms with van der Waals surface area (Å²) >= 11 is 0. The number of benzene rings is 1. The van der Waals surface area contributed by atoms with Gasteiger partial charge in [0.05, 0.1) is 30.2 Å². The molecule has 3 rings (SSSR count). The number of unbranched alkanes of at least 4 members (excludes halogenated alkanes) is 3. The predicted molar refractivity (Wildman–Crippen MR) is 131 cm³/mol. The Kier molecular flexibility index (Phi) is 10.1. The van der Waals surface area contributed by atoms with E-state index in [9.17, 15) is 5.11 Å². The Labute approximate surface area is 196 Å². The van der Waals surface area contributed by atoms with Crippen molar-refractivity contribution in [2.45, 2.75) is 94.4 Å². The molecule has 0 spiro atoms. The molecule has 0 bridgehead atoms. The van der Waals surface area contributed by atoms with Crippen molar-refractivity contribution in [2.75, 3.05) is 25.6 Å². The van der Waals surface area contributed by atoms with Crippen LogP contribution >= 0.6 is 21.6 Å². The Bertz CT molecular complexity index is 626. The Morgan fingerprint density at radius 3 is 2.55 bits per heavy atom. The Hall–Kier alpha value is -0.240. The van der Waals surface area contributed by atoms with Crippen molar-refractivity contribution in [3.05, 3.63) is 35.9 Å². The summed E-state index contributed by atoms with van der Waals surface area (Å²) in [4.78, 5) is 0. The molecular formula is C25H40O4S2. The van der Waals surface area contributed by atoms with E-state index in [1.807, 2.05) is 39.8 Å². The summed E-state index contributed by atoms with van der Waals surface area (Å²) in [5.74, 6) is 0.472. The summed E-state index contributed by atoms with van der Waals surface area (Å²) in [6.45, 7) is 6.49. The maximum absolute atomic E-state index is 11.6. The molecule has 176 valence electrons. The lowest BCUT2D eigenvalue weighted by Gasteiger charge is -2.48. The largest absolute Gasteiger partial charge is 0.389 e. The van der Waals surface area contributed by atoms with Crippen LogP contribution in [-0.2, 0) is 20.8 Å². The Morgan fingerprint density at radius 2 is 1.87 bits per heavy atom. The second-order valence-corrected chi connectivity index (χ2v) is 12.0. The first-order chi connectivity index (χ1) is 15.0. The van der Waals surface area contributed by atoms with Crippen LogP contribution in [0.1, 0.15) is 77.2 Å². The molecule has 1 aromatic rings. The van der Waals surface area contributed by atoms with Gasteiger partial charge in [0.1, 0.15) is 6.61 Å². The first-order valence-corrected chi connectivity index (χ1v) is 14.3. The molecule has 6 heteroatoms. The van der Waals surface area contributed by atoms with Crippen LogP contribution in [0.15, 0.2) is 30.3 Å². The summed E-state index contributed by atoms with van der Waals surface area (Å²) in [7, 11) is 3.81. The topological polar surface area (TPSA) is 47.9 Å². The second kappa shape index (κ2) is 12.3. The zero-order chi connectivity index (χ0) is 22.0. The van der Waals surface area contributed by atoms with Gasteiger partial charge in [0.15, 0.2) is 5.79 Å². The summed E-state index contributed by atoms with van der Waals surface area (Å²) in [6, 6.07) is 10.2. The van der Waals surface area contributed by atoms with Crippen LogP contribution in [0.2, 0.25) is 0 Å². The lowest BCUT2D eigenvalue weighted by molar-refractivity contribution is -0.203. The van der Waals surface area contributed by atoms with Crippen molar-refractivity contribution in [1.82, 2.24) is 0 Å². The fourth-order valence-electron chi connectivity index (χ4n) is 4.62. The third-order valence-corrected chi connectivity index (χ3v) is 10.2. The van der Waals surface area contributed by atoms with Crippen molar-refractivity contribution < 1.29 is 19.3 Å². The molecular weight excluding hydrogens is 428 g/mol. The van der Waals surface area contributed by atoms with E-state index in [2.05, 4.69) is 26.0 Å². The van der Waals surface area contributed by atoms with E-state index in [4.69, 9.17) is 14.2 Å². The highest BCUT2D eigenvalue weighted by atomic mass is 33.1. The predicted octanol–water partition coefficient (Wildman–Crippen LogP) is 6.36. The molecule has 2 unspecified atom stereocenters. The van der Waals surface area contributed by atoms with Crippen LogP contribution in [-0.4, -0.2) is 46.8 Å². The van der Waals surface area contributed by atoms with Crippen molar-refractivity contribution in [3.8, 4) is 0 Å². The van der Waals surface area contributed by atoms with Crippen molar-refractivity contribution in [2.24, 2.45) is 0 Å². The second-order valence-electron chi connectivity index (χ2n) is 9.17. The molecule has 0 saturated carbocycles. The van der Waals surface area contributed by atoms with Crippen LogP contribution in [0, 0.1) is 0 Å². The molecule has 0 amide bonds.